The normalized spacial score (nSPS) is 17.1. The van der Waals surface area contributed by atoms with Crippen molar-refractivity contribution in [2.45, 2.75) is 19.3 Å². The van der Waals surface area contributed by atoms with Crippen LogP contribution in [0.4, 0.5) is 0 Å². The topological polar surface area (TPSA) is 38.5 Å². The van der Waals surface area contributed by atoms with E-state index in [2.05, 4.69) is 9.88 Å². The molecule has 2 aromatic rings. The number of benzene rings is 1. The Kier molecular flexibility index (Phi) is 4.10. The maximum Gasteiger partial charge on any atom is 0.195 e. The number of para-hydroxylation sites is 2. The number of oxazole rings is 1. The molecule has 4 nitrogen and oxygen atoms in total. The van der Waals surface area contributed by atoms with Gasteiger partial charge in [-0.1, -0.05) is 12.1 Å². The first-order chi connectivity index (χ1) is 9.42. The van der Waals surface area contributed by atoms with Gasteiger partial charge in [0.2, 0.25) is 0 Å². The standard InChI is InChI=1S/C15H20N2O2/c1-2-6-14-13(5-1)16-15(19-14)7-3-4-8-17-9-11-18-12-10-17/h1-2,5-6H,3-4,7-12H2. The number of unbranched alkanes of at least 4 members (excludes halogenated alkanes) is 1. The van der Waals surface area contributed by atoms with Gasteiger partial charge in [-0.2, -0.15) is 0 Å². The minimum Gasteiger partial charge on any atom is -0.441 e. The molecule has 0 saturated carbocycles. The van der Waals surface area contributed by atoms with E-state index in [1.807, 2.05) is 24.3 Å². The third kappa shape index (κ3) is 3.33. The summed E-state index contributed by atoms with van der Waals surface area (Å²) in [4.78, 5) is 6.96. The van der Waals surface area contributed by atoms with Crippen molar-refractivity contribution in [3.05, 3.63) is 30.2 Å². The van der Waals surface area contributed by atoms with Gasteiger partial charge in [0, 0.05) is 19.5 Å². The predicted molar refractivity (Wildman–Crippen MR) is 74.2 cm³/mol. The van der Waals surface area contributed by atoms with Gasteiger partial charge in [0.25, 0.3) is 0 Å². The largest absolute Gasteiger partial charge is 0.441 e. The Morgan fingerprint density at radius 2 is 1.95 bits per heavy atom. The Bertz CT molecular complexity index is 485. The highest BCUT2D eigenvalue weighted by Crippen LogP contribution is 2.16. The van der Waals surface area contributed by atoms with Crippen LogP contribution in [0.5, 0.6) is 0 Å². The molecule has 0 radical (unpaired) electrons. The van der Waals surface area contributed by atoms with E-state index >= 15 is 0 Å². The maximum absolute atomic E-state index is 5.72. The second-order valence-corrected chi connectivity index (χ2v) is 4.99. The van der Waals surface area contributed by atoms with Gasteiger partial charge >= 0.3 is 0 Å². The quantitative estimate of drug-likeness (QED) is 0.774. The first-order valence-electron chi connectivity index (χ1n) is 7.06. The summed E-state index contributed by atoms with van der Waals surface area (Å²) >= 11 is 0. The van der Waals surface area contributed by atoms with Crippen LogP contribution in [0, 0.1) is 0 Å². The van der Waals surface area contributed by atoms with Gasteiger partial charge in [-0.05, 0) is 31.5 Å². The number of morpholine rings is 1. The Labute approximate surface area is 113 Å². The summed E-state index contributed by atoms with van der Waals surface area (Å²) in [5.74, 6) is 0.864. The summed E-state index contributed by atoms with van der Waals surface area (Å²) in [5, 5.41) is 0. The first kappa shape index (κ1) is 12.6. The molecule has 1 saturated heterocycles. The highest BCUT2D eigenvalue weighted by molar-refractivity contribution is 5.72. The lowest BCUT2D eigenvalue weighted by Crippen LogP contribution is -2.36. The van der Waals surface area contributed by atoms with E-state index in [0.29, 0.717) is 0 Å². The van der Waals surface area contributed by atoms with E-state index in [1.165, 1.54) is 6.42 Å². The van der Waals surface area contributed by atoms with E-state index in [4.69, 9.17) is 9.15 Å². The van der Waals surface area contributed by atoms with Crippen molar-refractivity contribution in [2.24, 2.45) is 0 Å². The van der Waals surface area contributed by atoms with Crippen LogP contribution in [0.2, 0.25) is 0 Å². The number of rotatable bonds is 5. The number of hydrogen-bond donors (Lipinski definition) is 0. The number of nitrogens with zero attached hydrogens (tertiary/aromatic N) is 2. The summed E-state index contributed by atoms with van der Waals surface area (Å²) in [6.45, 7) is 5.06. The van der Waals surface area contributed by atoms with Crippen LogP contribution in [0.1, 0.15) is 18.7 Å². The van der Waals surface area contributed by atoms with Gasteiger partial charge in [-0.15, -0.1) is 0 Å². The van der Waals surface area contributed by atoms with E-state index < -0.39 is 0 Å². The zero-order valence-corrected chi connectivity index (χ0v) is 11.2. The third-order valence-corrected chi connectivity index (χ3v) is 3.56. The van der Waals surface area contributed by atoms with Crippen molar-refractivity contribution in [3.63, 3.8) is 0 Å². The van der Waals surface area contributed by atoms with Gasteiger partial charge in [0.1, 0.15) is 5.52 Å². The van der Waals surface area contributed by atoms with Gasteiger partial charge in [0.15, 0.2) is 11.5 Å². The summed E-state index contributed by atoms with van der Waals surface area (Å²) in [6.07, 6.45) is 3.25. The Balaban J connectivity index is 1.44. The molecule has 1 aromatic heterocycles. The maximum atomic E-state index is 5.72. The summed E-state index contributed by atoms with van der Waals surface area (Å²) in [5.41, 5.74) is 1.86. The predicted octanol–water partition coefficient (Wildman–Crippen LogP) is 2.48. The van der Waals surface area contributed by atoms with Gasteiger partial charge in [0.05, 0.1) is 13.2 Å². The smallest absolute Gasteiger partial charge is 0.195 e. The molecule has 19 heavy (non-hydrogen) atoms. The van der Waals surface area contributed by atoms with Crippen LogP contribution in [0.3, 0.4) is 0 Å². The molecule has 0 amide bonds. The molecule has 4 heteroatoms. The molecule has 3 rings (SSSR count). The minimum absolute atomic E-state index is 0.864. The molecule has 1 fully saturated rings. The molecule has 1 aliphatic heterocycles. The second kappa shape index (κ2) is 6.17. The molecular weight excluding hydrogens is 240 g/mol. The van der Waals surface area contributed by atoms with Crippen LogP contribution in [0.25, 0.3) is 11.1 Å². The van der Waals surface area contributed by atoms with Crippen molar-refractivity contribution in [1.29, 1.82) is 0 Å². The van der Waals surface area contributed by atoms with Crippen molar-refractivity contribution >= 4 is 11.1 Å². The number of ether oxygens (including phenoxy) is 1. The van der Waals surface area contributed by atoms with Crippen molar-refractivity contribution in [2.75, 3.05) is 32.8 Å². The molecule has 102 valence electrons. The molecule has 1 aromatic carbocycles. The minimum atomic E-state index is 0.864. The summed E-state index contributed by atoms with van der Waals surface area (Å²) in [6, 6.07) is 7.94. The zero-order valence-electron chi connectivity index (χ0n) is 11.2. The number of hydrogen-bond acceptors (Lipinski definition) is 4. The molecule has 0 aliphatic carbocycles. The van der Waals surface area contributed by atoms with Crippen molar-refractivity contribution in [1.82, 2.24) is 9.88 Å². The molecule has 0 spiro atoms. The molecule has 0 N–H and O–H groups in total. The van der Waals surface area contributed by atoms with Crippen LogP contribution >= 0.6 is 0 Å². The lowest BCUT2D eigenvalue weighted by Gasteiger charge is -2.26. The number of fused-ring (bicyclic) bond motifs is 1. The Hall–Kier alpha value is -1.39. The van der Waals surface area contributed by atoms with E-state index in [1.54, 1.807) is 0 Å². The fourth-order valence-corrected chi connectivity index (χ4v) is 2.46. The van der Waals surface area contributed by atoms with Crippen LogP contribution < -0.4 is 0 Å². The fraction of sp³-hybridized carbons (Fsp3) is 0.533. The summed E-state index contributed by atoms with van der Waals surface area (Å²) < 4.78 is 11.1. The Morgan fingerprint density at radius 1 is 1.11 bits per heavy atom. The van der Waals surface area contributed by atoms with Gasteiger partial charge < -0.3 is 9.15 Å². The average molecular weight is 260 g/mol. The lowest BCUT2D eigenvalue weighted by molar-refractivity contribution is 0.0371. The second-order valence-electron chi connectivity index (χ2n) is 4.99. The molecule has 1 aliphatic rings. The van der Waals surface area contributed by atoms with Gasteiger partial charge in [-0.25, -0.2) is 4.98 Å². The average Bonchev–Trinajstić information content (AvgIpc) is 2.87. The molecule has 0 atom stereocenters. The van der Waals surface area contributed by atoms with Crippen molar-refractivity contribution in [3.8, 4) is 0 Å². The highest BCUT2D eigenvalue weighted by Gasteiger charge is 2.10. The molecular formula is C15H20N2O2. The van der Waals surface area contributed by atoms with Crippen molar-refractivity contribution < 1.29 is 9.15 Å². The van der Waals surface area contributed by atoms with Gasteiger partial charge in [-0.3, -0.25) is 4.90 Å². The van der Waals surface area contributed by atoms with E-state index in [9.17, 15) is 0 Å². The third-order valence-electron chi connectivity index (χ3n) is 3.56. The fourth-order valence-electron chi connectivity index (χ4n) is 2.46. The monoisotopic (exact) mass is 260 g/mol. The molecule has 0 bridgehead atoms. The SMILES string of the molecule is c1ccc2oc(CCCCN3CCOCC3)nc2c1. The lowest BCUT2D eigenvalue weighted by atomic mass is 10.2. The highest BCUT2D eigenvalue weighted by atomic mass is 16.5. The summed E-state index contributed by atoms with van der Waals surface area (Å²) in [7, 11) is 0. The number of aryl methyl sites for hydroxylation is 1. The first-order valence-corrected chi connectivity index (χ1v) is 7.06. The zero-order chi connectivity index (χ0) is 12.9. The number of aromatic nitrogens is 1. The van der Waals surface area contributed by atoms with Crippen LogP contribution in [-0.2, 0) is 11.2 Å². The molecule has 2 heterocycles. The van der Waals surface area contributed by atoms with Crippen LogP contribution in [0.15, 0.2) is 28.7 Å². The van der Waals surface area contributed by atoms with Crippen LogP contribution in [-0.4, -0.2) is 42.7 Å². The van der Waals surface area contributed by atoms with E-state index in [-0.39, 0.29) is 0 Å². The Morgan fingerprint density at radius 3 is 2.79 bits per heavy atom. The van der Waals surface area contributed by atoms with E-state index in [0.717, 1.165) is 62.7 Å². The molecule has 0 unspecified atom stereocenters.